The molecule has 0 aliphatic carbocycles. The molecule has 0 aliphatic rings. The summed E-state index contributed by atoms with van der Waals surface area (Å²) in [6.45, 7) is 0. The van der Waals surface area contributed by atoms with Gasteiger partial charge >= 0.3 is 0 Å². The van der Waals surface area contributed by atoms with E-state index in [2.05, 4.69) is 0 Å². The summed E-state index contributed by atoms with van der Waals surface area (Å²) in [5.41, 5.74) is 0. The zero-order valence-corrected chi connectivity index (χ0v) is 14.4. The zero-order chi connectivity index (χ0) is 18.4. The topological polar surface area (TPSA) is 127 Å². The van der Waals surface area contributed by atoms with Crippen molar-refractivity contribution < 1.29 is 35.4 Å². The lowest BCUT2D eigenvalue weighted by atomic mass is 10.3. The minimum Gasteiger partial charge on any atom is -0.497 e. The van der Waals surface area contributed by atoms with Crippen LogP contribution in [0, 0.1) is 0 Å². The van der Waals surface area contributed by atoms with Crippen LogP contribution in [-0.4, -0.2) is 40.2 Å². The van der Waals surface area contributed by atoms with Crippen molar-refractivity contribution >= 4 is 20.2 Å². The van der Waals surface area contributed by atoms with Crippen molar-refractivity contribution in [1.29, 1.82) is 0 Å². The Morgan fingerprint density at radius 1 is 0.625 bits per heavy atom. The monoisotopic (exact) mass is 376 g/mol. The molecule has 0 saturated carbocycles. The van der Waals surface area contributed by atoms with Crippen molar-refractivity contribution in [2.75, 3.05) is 14.2 Å². The van der Waals surface area contributed by atoms with Crippen molar-refractivity contribution in [3.8, 4) is 11.5 Å². The van der Waals surface area contributed by atoms with E-state index in [0.717, 1.165) is 0 Å². The van der Waals surface area contributed by atoms with Gasteiger partial charge in [0.25, 0.3) is 20.2 Å². The third-order valence-electron chi connectivity index (χ3n) is 2.71. The van der Waals surface area contributed by atoms with Crippen LogP contribution in [0.3, 0.4) is 0 Å². The van der Waals surface area contributed by atoms with E-state index in [4.69, 9.17) is 18.6 Å². The number of ether oxygens (including phenoxy) is 2. The summed E-state index contributed by atoms with van der Waals surface area (Å²) in [5.74, 6) is 1.09. The molecule has 8 nitrogen and oxygen atoms in total. The second kappa shape index (κ2) is 8.11. The van der Waals surface area contributed by atoms with Crippen molar-refractivity contribution in [3.05, 3.63) is 48.5 Å². The van der Waals surface area contributed by atoms with Gasteiger partial charge in [0.15, 0.2) is 0 Å². The summed E-state index contributed by atoms with van der Waals surface area (Å²) in [6.07, 6.45) is 0. The van der Waals surface area contributed by atoms with E-state index in [1.54, 1.807) is 0 Å². The van der Waals surface area contributed by atoms with E-state index in [0.29, 0.717) is 11.5 Å². The summed E-state index contributed by atoms with van der Waals surface area (Å²) >= 11 is 0. The quantitative estimate of drug-likeness (QED) is 0.774. The zero-order valence-electron chi connectivity index (χ0n) is 12.8. The van der Waals surface area contributed by atoms with Gasteiger partial charge in [-0.2, -0.15) is 16.8 Å². The maximum absolute atomic E-state index is 10.5. The Hall–Kier alpha value is -2.14. The van der Waals surface area contributed by atoms with Crippen molar-refractivity contribution in [2.45, 2.75) is 9.79 Å². The fourth-order valence-corrected chi connectivity index (χ4v) is 2.46. The van der Waals surface area contributed by atoms with Gasteiger partial charge in [-0.3, -0.25) is 9.11 Å². The molecule has 0 fully saturated rings. The predicted octanol–water partition coefficient (Wildman–Crippen LogP) is 1.88. The average molecular weight is 376 g/mol. The standard InChI is InChI=1S/2C7H8O4S/c2*1-11-6-2-4-7(5-3-6)12(8,9)10/h2*2-5H,1H3,(H,8,9,10). The van der Waals surface area contributed by atoms with Crippen LogP contribution in [0.15, 0.2) is 58.3 Å². The van der Waals surface area contributed by atoms with Crippen LogP contribution in [0.5, 0.6) is 11.5 Å². The molecule has 0 unspecified atom stereocenters. The minimum atomic E-state index is -4.08. The molecule has 0 bridgehead atoms. The van der Waals surface area contributed by atoms with E-state index in [9.17, 15) is 16.8 Å². The summed E-state index contributed by atoms with van der Waals surface area (Å²) in [6, 6.07) is 10.9. The molecule has 0 spiro atoms. The van der Waals surface area contributed by atoms with Gasteiger partial charge < -0.3 is 9.47 Å². The molecule has 0 saturated heterocycles. The molecule has 2 aromatic rings. The molecule has 0 heterocycles. The number of methoxy groups -OCH3 is 2. The van der Waals surface area contributed by atoms with Gasteiger partial charge in [-0.05, 0) is 48.5 Å². The van der Waals surface area contributed by atoms with Gasteiger partial charge in [-0.25, -0.2) is 0 Å². The van der Waals surface area contributed by atoms with Gasteiger partial charge in [0, 0.05) is 0 Å². The first-order valence-corrected chi connectivity index (χ1v) is 9.19. The van der Waals surface area contributed by atoms with Gasteiger partial charge in [-0.15, -0.1) is 0 Å². The van der Waals surface area contributed by atoms with Gasteiger partial charge in [0.1, 0.15) is 11.5 Å². The summed E-state index contributed by atoms with van der Waals surface area (Å²) < 4.78 is 69.0. The molecule has 132 valence electrons. The third-order valence-corrected chi connectivity index (χ3v) is 4.45. The highest BCUT2D eigenvalue weighted by Crippen LogP contribution is 2.15. The van der Waals surface area contributed by atoms with Crippen molar-refractivity contribution in [2.24, 2.45) is 0 Å². The van der Waals surface area contributed by atoms with E-state index in [-0.39, 0.29) is 9.79 Å². The first-order valence-electron chi connectivity index (χ1n) is 6.31. The SMILES string of the molecule is COc1ccc(S(=O)(=O)O)cc1.COc1ccc(S(=O)(=O)O)cc1. The normalized spacial score (nSPS) is 11.2. The van der Waals surface area contributed by atoms with E-state index < -0.39 is 20.2 Å². The molecular formula is C14H16O8S2. The molecule has 0 amide bonds. The lowest BCUT2D eigenvalue weighted by molar-refractivity contribution is 0.414. The Morgan fingerprint density at radius 3 is 1.04 bits per heavy atom. The Morgan fingerprint density at radius 2 is 0.875 bits per heavy atom. The van der Waals surface area contributed by atoms with E-state index in [1.807, 2.05) is 0 Å². The van der Waals surface area contributed by atoms with Crippen LogP contribution in [0.25, 0.3) is 0 Å². The number of hydrogen-bond donors (Lipinski definition) is 2. The Labute approximate surface area is 140 Å². The highest BCUT2D eigenvalue weighted by Gasteiger charge is 2.08. The van der Waals surface area contributed by atoms with E-state index in [1.165, 1.54) is 62.8 Å². The van der Waals surface area contributed by atoms with Gasteiger partial charge in [0.2, 0.25) is 0 Å². The van der Waals surface area contributed by atoms with Crippen LogP contribution in [0.1, 0.15) is 0 Å². The molecule has 0 aliphatic heterocycles. The molecular weight excluding hydrogens is 360 g/mol. The molecule has 2 aromatic carbocycles. The van der Waals surface area contributed by atoms with Gasteiger partial charge in [0.05, 0.1) is 24.0 Å². The Bertz CT molecular complexity index is 778. The number of rotatable bonds is 4. The Kier molecular flexibility index (Phi) is 6.72. The van der Waals surface area contributed by atoms with Crippen LogP contribution in [0.2, 0.25) is 0 Å². The molecule has 0 radical (unpaired) electrons. The van der Waals surface area contributed by atoms with Crippen LogP contribution in [0.4, 0.5) is 0 Å². The van der Waals surface area contributed by atoms with Crippen LogP contribution in [-0.2, 0) is 20.2 Å². The van der Waals surface area contributed by atoms with E-state index >= 15 is 0 Å². The number of hydrogen-bond acceptors (Lipinski definition) is 6. The number of benzene rings is 2. The lowest BCUT2D eigenvalue weighted by Crippen LogP contribution is -1.97. The second-order valence-electron chi connectivity index (χ2n) is 4.30. The second-order valence-corrected chi connectivity index (χ2v) is 7.14. The summed E-state index contributed by atoms with van der Waals surface area (Å²) in [7, 11) is -5.22. The maximum atomic E-state index is 10.5. The lowest BCUT2D eigenvalue weighted by Gasteiger charge is -1.99. The van der Waals surface area contributed by atoms with Crippen LogP contribution >= 0.6 is 0 Å². The molecule has 24 heavy (non-hydrogen) atoms. The maximum Gasteiger partial charge on any atom is 0.294 e. The summed E-state index contributed by atoms with van der Waals surface area (Å²) in [4.78, 5) is -0.272. The highest BCUT2D eigenvalue weighted by atomic mass is 32.2. The fourth-order valence-electron chi connectivity index (χ4n) is 1.50. The smallest absolute Gasteiger partial charge is 0.294 e. The molecule has 2 N–H and O–H groups in total. The predicted molar refractivity (Wildman–Crippen MR) is 85.6 cm³/mol. The molecule has 10 heteroatoms. The fraction of sp³-hybridized carbons (Fsp3) is 0.143. The van der Waals surface area contributed by atoms with Crippen LogP contribution < -0.4 is 9.47 Å². The highest BCUT2D eigenvalue weighted by molar-refractivity contribution is 7.86. The van der Waals surface area contributed by atoms with Gasteiger partial charge in [-0.1, -0.05) is 0 Å². The largest absolute Gasteiger partial charge is 0.497 e. The first-order chi connectivity index (χ1) is 11.1. The first kappa shape index (κ1) is 19.9. The summed E-state index contributed by atoms with van der Waals surface area (Å²) in [5, 5.41) is 0. The van der Waals surface area contributed by atoms with Crippen molar-refractivity contribution in [3.63, 3.8) is 0 Å². The molecule has 2 rings (SSSR count). The molecule has 0 atom stereocenters. The average Bonchev–Trinajstić information content (AvgIpc) is 2.54. The minimum absolute atomic E-state index is 0.136. The Balaban J connectivity index is 0.000000240. The van der Waals surface area contributed by atoms with Crippen molar-refractivity contribution in [1.82, 2.24) is 0 Å². The molecule has 0 aromatic heterocycles. The third kappa shape index (κ3) is 6.16.